The SMILES string of the molecule is COc1ccc(CC(C)C(Br)C(C)C)cc1OC. The van der Waals surface area contributed by atoms with Crippen molar-refractivity contribution < 1.29 is 9.47 Å². The molecule has 0 saturated heterocycles. The molecule has 2 atom stereocenters. The third-order valence-electron chi connectivity index (χ3n) is 3.19. The van der Waals surface area contributed by atoms with Crippen molar-refractivity contribution in [3.8, 4) is 11.5 Å². The fourth-order valence-corrected chi connectivity index (χ4v) is 2.34. The normalized spacial score (nSPS) is 14.4. The van der Waals surface area contributed by atoms with Gasteiger partial charge < -0.3 is 9.47 Å². The van der Waals surface area contributed by atoms with E-state index in [9.17, 15) is 0 Å². The van der Waals surface area contributed by atoms with E-state index >= 15 is 0 Å². The molecule has 0 spiro atoms. The summed E-state index contributed by atoms with van der Waals surface area (Å²) in [4.78, 5) is 0.533. The van der Waals surface area contributed by atoms with Crippen LogP contribution in [0, 0.1) is 11.8 Å². The average molecular weight is 315 g/mol. The molecule has 0 fully saturated rings. The molecular weight excluding hydrogens is 292 g/mol. The summed E-state index contributed by atoms with van der Waals surface area (Å²) in [6.07, 6.45) is 1.04. The molecule has 0 bridgehead atoms. The van der Waals surface area contributed by atoms with Crippen molar-refractivity contribution >= 4 is 15.9 Å². The molecule has 1 aromatic rings. The Kier molecular flexibility index (Phi) is 6.00. The fraction of sp³-hybridized carbons (Fsp3) is 0.600. The lowest BCUT2D eigenvalue weighted by Gasteiger charge is -2.22. The van der Waals surface area contributed by atoms with E-state index < -0.39 is 0 Å². The topological polar surface area (TPSA) is 18.5 Å². The summed E-state index contributed by atoms with van der Waals surface area (Å²) in [5, 5.41) is 0. The van der Waals surface area contributed by atoms with E-state index in [2.05, 4.69) is 48.8 Å². The second-order valence-corrected chi connectivity index (χ2v) is 6.12. The number of rotatable bonds is 6. The summed E-state index contributed by atoms with van der Waals surface area (Å²) in [5.74, 6) is 2.81. The van der Waals surface area contributed by atoms with Gasteiger partial charge in [-0.15, -0.1) is 0 Å². The van der Waals surface area contributed by atoms with Crippen LogP contribution in [0.25, 0.3) is 0 Å². The lowest BCUT2D eigenvalue weighted by Crippen LogP contribution is -2.19. The number of ether oxygens (including phenoxy) is 2. The van der Waals surface area contributed by atoms with Gasteiger partial charge in [-0.25, -0.2) is 0 Å². The van der Waals surface area contributed by atoms with Gasteiger partial charge in [0.25, 0.3) is 0 Å². The zero-order chi connectivity index (χ0) is 13.7. The van der Waals surface area contributed by atoms with Crippen molar-refractivity contribution in [1.29, 1.82) is 0 Å². The number of methoxy groups -OCH3 is 2. The van der Waals surface area contributed by atoms with E-state index in [1.54, 1.807) is 14.2 Å². The van der Waals surface area contributed by atoms with Crippen LogP contribution in [-0.2, 0) is 6.42 Å². The molecule has 2 unspecified atom stereocenters. The second-order valence-electron chi connectivity index (χ2n) is 5.06. The first-order valence-electron chi connectivity index (χ1n) is 6.34. The molecule has 0 saturated carbocycles. The predicted molar refractivity (Wildman–Crippen MR) is 80.0 cm³/mol. The van der Waals surface area contributed by atoms with Gasteiger partial charge in [-0.05, 0) is 36.0 Å². The molecule has 0 radical (unpaired) electrons. The van der Waals surface area contributed by atoms with Crippen LogP contribution in [0.1, 0.15) is 26.3 Å². The van der Waals surface area contributed by atoms with Crippen LogP contribution in [-0.4, -0.2) is 19.0 Å². The Morgan fingerprint density at radius 1 is 1.06 bits per heavy atom. The fourth-order valence-electron chi connectivity index (χ4n) is 2.15. The zero-order valence-electron chi connectivity index (χ0n) is 11.9. The van der Waals surface area contributed by atoms with Crippen LogP contribution < -0.4 is 9.47 Å². The van der Waals surface area contributed by atoms with Gasteiger partial charge in [-0.2, -0.15) is 0 Å². The highest BCUT2D eigenvalue weighted by molar-refractivity contribution is 9.09. The maximum absolute atomic E-state index is 5.33. The van der Waals surface area contributed by atoms with E-state index in [0.29, 0.717) is 16.7 Å². The summed E-state index contributed by atoms with van der Waals surface area (Å²) in [6, 6.07) is 6.15. The van der Waals surface area contributed by atoms with Gasteiger partial charge in [0.15, 0.2) is 11.5 Å². The van der Waals surface area contributed by atoms with Gasteiger partial charge in [-0.3, -0.25) is 0 Å². The summed E-state index contributed by atoms with van der Waals surface area (Å²) in [5.41, 5.74) is 1.28. The molecule has 0 heterocycles. The third kappa shape index (κ3) is 3.91. The van der Waals surface area contributed by atoms with Crippen LogP contribution >= 0.6 is 15.9 Å². The summed E-state index contributed by atoms with van der Waals surface area (Å²) in [6.45, 7) is 6.76. The highest BCUT2D eigenvalue weighted by atomic mass is 79.9. The van der Waals surface area contributed by atoms with Gasteiger partial charge in [0, 0.05) is 4.83 Å². The Morgan fingerprint density at radius 2 is 1.67 bits per heavy atom. The van der Waals surface area contributed by atoms with Crippen LogP contribution in [0.4, 0.5) is 0 Å². The molecule has 1 aromatic carbocycles. The largest absolute Gasteiger partial charge is 0.493 e. The van der Waals surface area contributed by atoms with E-state index in [4.69, 9.17) is 9.47 Å². The quantitative estimate of drug-likeness (QED) is 0.729. The van der Waals surface area contributed by atoms with Crippen molar-refractivity contribution in [2.45, 2.75) is 32.0 Å². The molecule has 102 valence electrons. The van der Waals surface area contributed by atoms with E-state index in [1.807, 2.05) is 6.07 Å². The number of alkyl halides is 1. The van der Waals surface area contributed by atoms with Gasteiger partial charge in [0.2, 0.25) is 0 Å². The summed E-state index contributed by atoms with van der Waals surface area (Å²) >= 11 is 3.77. The van der Waals surface area contributed by atoms with Crippen molar-refractivity contribution in [2.24, 2.45) is 11.8 Å². The van der Waals surface area contributed by atoms with E-state index in [0.717, 1.165) is 17.9 Å². The molecule has 0 aromatic heterocycles. The molecule has 18 heavy (non-hydrogen) atoms. The maximum atomic E-state index is 5.33. The van der Waals surface area contributed by atoms with Crippen molar-refractivity contribution in [3.63, 3.8) is 0 Å². The molecule has 2 nitrogen and oxygen atoms in total. The molecule has 3 heteroatoms. The minimum atomic E-state index is 0.533. The first kappa shape index (κ1) is 15.4. The molecule has 0 aliphatic heterocycles. The van der Waals surface area contributed by atoms with E-state index in [-0.39, 0.29) is 0 Å². The van der Waals surface area contributed by atoms with Gasteiger partial charge in [0.05, 0.1) is 14.2 Å². The zero-order valence-corrected chi connectivity index (χ0v) is 13.5. The Labute approximate surface area is 119 Å². The maximum Gasteiger partial charge on any atom is 0.160 e. The Hall–Kier alpha value is -0.700. The smallest absolute Gasteiger partial charge is 0.160 e. The standard InChI is InChI=1S/C15H23BrO2/c1-10(2)15(16)11(3)8-12-6-7-13(17-4)14(9-12)18-5/h6-7,9-11,15H,8H2,1-5H3. The highest BCUT2D eigenvalue weighted by Crippen LogP contribution is 2.30. The first-order valence-corrected chi connectivity index (χ1v) is 7.26. The lowest BCUT2D eigenvalue weighted by atomic mass is 9.92. The lowest BCUT2D eigenvalue weighted by molar-refractivity contribution is 0.354. The monoisotopic (exact) mass is 314 g/mol. The Bertz CT molecular complexity index is 377. The third-order valence-corrected chi connectivity index (χ3v) is 5.15. The van der Waals surface area contributed by atoms with Crippen molar-refractivity contribution in [2.75, 3.05) is 14.2 Å². The molecule has 0 N–H and O–H groups in total. The molecule has 0 aliphatic rings. The highest BCUT2D eigenvalue weighted by Gasteiger charge is 2.18. The van der Waals surface area contributed by atoms with Crippen LogP contribution in [0.2, 0.25) is 0 Å². The average Bonchev–Trinajstić information content (AvgIpc) is 2.37. The predicted octanol–water partition coefficient (Wildman–Crippen LogP) is 4.30. The minimum absolute atomic E-state index is 0.533. The first-order chi connectivity index (χ1) is 8.49. The molecule has 0 amide bonds. The number of hydrogen-bond donors (Lipinski definition) is 0. The summed E-state index contributed by atoms with van der Waals surface area (Å²) < 4.78 is 10.6. The second kappa shape index (κ2) is 7.03. The summed E-state index contributed by atoms with van der Waals surface area (Å²) in [7, 11) is 3.33. The molecule has 1 rings (SSSR count). The number of benzene rings is 1. The Balaban J connectivity index is 2.79. The molecule has 0 aliphatic carbocycles. The van der Waals surface area contributed by atoms with Gasteiger partial charge in [-0.1, -0.05) is 42.8 Å². The van der Waals surface area contributed by atoms with Crippen LogP contribution in [0.5, 0.6) is 11.5 Å². The van der Waals surface area contributed by atoms with E-state index in [1.165, 1.54) is 5.56 Å². The van der Waals surface area contributed by atoms with Gasteiger partial charge in [0.1, 0.15) is 0 Å². The van der Waals surface area contributed by atoms with Crippen LogP contribution in [0.15, 0.2) is 18.2 Å². The Morgan fingerprint density at radius 3 is 2.17 bits per heavy atom. The molecular formula is C15H23BrO2. The number of halogens is 1. The van der Waals surface area contributed by atoms with Crippen LogP contribution in [0.3, 0.4) is 0 Å². The van der Waals surface area contributed by atoms with Crippen molar-refractivity contribution in [3.05, 3.63) is 23.8 Å². The van der Waals surface area contributed by atoms with Gasteiger partial charge >= 0.3 is 0 Å². The minimum Gasteiger partial charge on any atom is -0.493 e. The van der Waals surface area contributed by atoms with Crippen molar-refractivity contribution in [1.82, 2.24) is 0 Å². The number of hydrogen-bond acceptors (Lipinski definition) is 2.